The van der Waals surface area contributed by atoms with Crippen molar-refractivity contribution >= 4 is 23.6 Å². The van der Waals surface area contributed by atoms with Crippen molar-refractivity contribution in [1.29, 1.82) is 0 Å². The second-order valence-electron chi connectivity index (χ2n) is 11.8. The van der Waals surface area contributed by atoms with Crippen LogP contribution >= 0.6 is 0 Å². The number of nitrogens with zero attached hydrogens (tertiary/aromatic N) is 1. The van der Waals surface area contributed by atoms with Gasteiger partial charge in [-0.1, -0.05) is 83.2 Å². The van der Waals surface area contributed by atoms with Gasteiger partial charge in [0.1, 0.15) is 23.4 Å². The van der Waals surface area contributed by atoms with Gasteiger partial charge in [0.05, 0.1) is 0 Å². The highest BCUT2D eigenvalue weighted by Gasteiger charge is 2.38. The first-order valence-corrected chi connectivity index (χ1v) is 14.8. The summed E-state index contributed by atoms with van der Waals surface area (Å²) in [4.78, 5) is 42.8. The van der Waals surface area contributed by atoms with E-state index in [0.29, 0.717) is 30.6 Å². The molecule has 0 aliphatic carbocycles. The molecular weight excluding hydrogens is 518 g/mol. The summed E-state index contributed by atoms with van der Waals surface area (Å²) in [6.07, 6.45) is 4.74. The zero-order valence-corrected chi connectivity index (χ0v) is 25.8. The number of carbonyl (C=O) groups excluding carboxylic acids is 3. The Labute approximate surface area is 245 Å². The third kappa shape index (κ3) is 10.7. The maximum Gasteiger partial charge on any atom is 0.408 e. The maximum absolute atomic E-state index is 14.4. The average molecular weight is 568 g/mol. The summed E-state index contributed by atoms with van der Waals surface area (Å²) in [5.41, 5.74) is 1.28. The molecule has 41 heavy (non-hydrogen) atoms. The van der Waals surface area contributed by atoms with Crippen LogP contribution in [0.3, 0.4) is 0 Å². The van der Waals surface area contributed by atoms with Crippen LogP contribution in [0, 0.1) is 12.8 Å². The molecule has 0 saturated heterocycles. The smallest absolute Gasteiger partial charge is 0.408 e. The molecule has 0 aliphatic rings. The summed E-state index contributed by atoms with van der Waals surface area (Å²) in [5, 5.41) is 16.1. The summed E-state index contributed by atoms with van der Waals surface area (Å²) in [6, 6.07) is 11.9. The molecule has 0 fully saturated rings. The molecule has 8 heteroatoms. The molecule has 2 rings (SSSR count). The second kappa shape index (κ2) is 16.0. The molecule has 8 nitrogen and oxygen atoms in total. The lowest BCUT2D eigenvalue weighted by atomic mass is 9.95. The number of carbonyl (C=O) groups is 3. The first kappa shape index (κ1) is 33.7. The van der Waals surface area contributed by atoms with Gasteiger partial charge >= 0.3 is 6.09 Å². The van der Waals surface area contributed by atoms with E-state index in [1.165, 1.54) is 12.1 Å². The first-order chi connectivity index (χ1) is 19.4. The second-order valence-corrected chi connectivity index (χ2v) is 11.8. The van der Waals surface area contributed by atoms with E-state index in [4.69, 9.17) is 4.74 Å². The van der Waals surface area contributed by atoms with Gasteiger partial charge < -0.3 is 25.4 Å². The SMILES string of the molecule is CCCCCCCN(C(=O)C(NC(=O)OC(C)(C)C)C(C)CC)C(C(=O)Nc1ccccc1C)c1cccc(O)c1. The van der Waals surface area contributed by atoms with E-state index in [1.807, 2.05) is 45.0 Å². The summed E-state index contributed by atoms with van der Waals surface area (Å²) in [7, 11) is 0. The lowest BCUT2D eigenvalue weighted by molar-refractivity contribution is -0.142. The van der Waals surface area contributed by atoms with Crippen LogP contribution in [0.5, 0.6) is 5.75 Å². The van der Waals surface area contributed by atoms with Crippen molar-refractivity contribution < 1.29 is 24.2 Å². The predicted molar refractivity (Wildman–Crippen MR) is 164 cm³/mol. The van der Waals surface area contributed by atoms with E-state index in [9.17, 15) is 19.5 Å². The molecule has 0 heterocycles. The van der Waals surface area contributed by atoms with E-state index >= 15 is 0 Å². The number of hydrogen-bond donors (Lipinski definition) is 3. The predicted octanol–water partition coefficient (Wildman–Crippen LogP) is 7.12. The monoisotopic (exact) mass is 567 g/mol. The zero-order chi connectivity index (χ0) is 30.6. The minimum atomic E-state index is -1.03. The lowest BCUT2D eigenvalue weighted by Crippen LogP contribution is -2.55. The van der Waals surface area contributed by atoms with Gasteiger partial charge in [-0.25, -0.2) is 4.79 Å². The fraction of sp³-hybridized carbons (Fsp3) is 0.545. The van der Waals surface area contributed by atoms with Gasteiger partial charge in [-0.15, -0.1) is 0 Å². The number of para-hydroxylation sites is 1. The fourth-order valence-electron chi connectivity index (χ4n) is 4.63. The number of amides is 3. The van der Waals surface area contributed by atoms with Crippen LogP contribution in [-0.2, 0) is 14.3 Å². The molecule has 3 atom stereocenters. The molecule has 2 aromatic carbocycles. The van der Waals surface area contributed by atoms with Crippen molar-refractivity contribution in [3.8, 4) is 5.75 Å². The Kier molecular flexibility index (Phi) is 13.2. The molecule has 3 unspecified atom stereocenters. The van der Waals surface area contributed by atoms with E-state index < -0.39 is 29.7 Å². The highest BCUT2D eigenvalue weighted by Crippen LogP contribution is 2.29. The molecule has 0 radical (unpaired) electrons. The summed E-state index contributed by atoms with van der Waals surface area (Å²) >= 11 is 0. The zero-order valence-electron chi connectivity index (χ0n) is 25.8. The van der Waals surface area contributed by atoms with Crippen LogP contribution in [0.2, 0.25) is 0 Å². The van der Waals surface area contributed by atoms with Crippen LogP contribution < -0.4 is 10.6 Å². The Balaban J connectivity index is 2.55. The third-order valence-corrected chi connectivity index (χ3v) is 7.09. The van der Waals surface area contributed by atoms with Gasteiger partial charge in [0.25, 0.3) is 5.91 Å². The Hall–Kier alpha value is -3.55. The molecule has 3 amide bonds. The van der Waals surface area contributed by atoms with Crippen molar-refractivity contribution in [1.82, 2.24) is 10.2 Å². The number of anilines is 1. The number of rotatable bonds is 14. The molecule has 0 bridgehead atoms. The molecule has 3 N–H and O–H groups in total. The third-order valence-electron chi connectivity index (χ3n) is 7.09. The number of aryl methyl sites for hydroxylation is 1. The molecule has 0 spiro atoms. The Morgan fingerprint density at radius 3 is 2.27 bits per heavy atom. The molecule has 2 aromatic rings. The van der Waals surface area contributed by atoms with Crippen molar-refractivity contribution in [3.05, 3.63) is 59.7 Å². The van der Waals surface area contributed by atoms with E-state index in [0.717, 1.165) is 31.2 Å². The molecule has 226 valence electrons. The quantitative estimate of drug-likeness (QED) is 0.211. The standard InChI is InChI=1S/C33H49N3O5/c1-8-10-11-12-15-21-36(31(39)28(23(3)9-2)35-32(40)41-33(5,6)7)29(25-18-16-19-26(37)22-25)30(38)34-27-20-14-13-17-24(27)4/h13-14,16-20,22-23,28-29,37H,8-12,15,21H2,1-7H3,(H,34,38)(H,35,40). The molecule has 0 aliphatic heterocycles. The molecule has 0 saturated carbocycles. The Bertz CT molecular complexity index is 1140. The number of phenolic OH excluding ortho intramolecular Hbond substituents is 1. The number of benzene rings is 2. The van der Waals surface area contributed by atoms with Crippen molar-refractivity contribution in [2.75, 3.05) is 11.9 Å². The number of alkyl carbamates (subject to hydrolysis) is 1. The topological polar surface area (TPSA) is 108 Å². The van der Waals surface area contributed by atoms with E-state index in [-0.39, 0.29) is 17.6 Å². The molecular formula is C33H49N3O5. The number of ether oxygens (including phenoxy) is 1. The number of phenols is 1. The Morgan fingerprint density at radius 1 is 0.976 bits per heavy atom. The number of unbranched alkanes of at least 4 members (excludes halogenated alkanes) is 4. The minimum Gasteiger partial charge on any atom is -0.508 e. The van der Waals surface area contributed by atoms with Gasteiger partial charge in [0.2, 0.25) is 5.91 Å². The maximum atomic E-state index is 14.4. The van der Waals surface area contributed by atoms with Gasteiger partial charge in [0, 0.05) is 12.2 Å². The van der Waals surface area contributed by atoms with Gasteiger partial charge in [-0.3, -0.25) is 9.59 Å². The normalized spacial score (nSPS) is 13.5. The van der Waals surface area contributed by atoms with Crippen LogP contribution in [-0.4, -0.2) is 46.1 Å². The highest BCUT2D eigenvalue weighted by molar-refractivity contribution is 5.99. The summed E-state index contributed by atoms with van der Waals surface area (Å²) < 4.78 is 5.49. The Morgan fingerprint density at radius 2 is 1.66 bits per heavy atom. The van der Waals surface area contributed by atoms with Crippen LogP contribution in [0.4, 0.5) is 10.5 Å². The van der Waals surface area contributed by atoms with Crippen LogP contribution in [0.15, 0.2) is 48.5 Å². The highest BCUT2D eigenvalue weighted by atomic mass is 16.6. The van der Waals surface area contributed by atoms with Gasteiger partial charge in [0.15, 0.2) is 0 Å². The first-order valence-electron chi connectivity index (χ1n) is 14.8. The van der Waals surface area contributed by atoms with Gasteiger partial charge in [-0.2, -0.15) is 0 Å². The largest absolute Gasteiger partial charge is 0.508 e. The number of nitrogens with one attached hydrogen (secondary N) is 2. The number of aromatic hydroxyl groups is 1. The van der Waals surface area contributed by atoms with E-state index in [2.05, 4.69) is 17.6 Å². The number of hydrogen-bond acceptors (Lipinski definition) is 5. The molecule has 0 aromatic heterocycles. The van der Waals surface area contributed by atoms with Crippen LogP contribution in [0.1, 0.15) is 97.2 Å². The summed E-state index contributed by atoms with van der Waals surface area (Å²) in [6.45, 7) is 13.5. The fourth-order valence-corrected chi connectivity index (χ4v) is 4.63. The van der Waals surface area contributed by atoms with Gasteiger partial charge in [-0.05, 0) is 69.4 Å². The lowest BCUT2D eigenvalue weighted by Gasteiger charge is -2.36. The van der Waals surface area contributed by atoms with Crippen molar-refractivity contribution in [2.45, 2.75) is 105 Å². The average Bonchev–Trinajstić information content (AvgIpc) is 2.90. The van der Waals surface area contributed by atoms with E-state index in [1.54, 1.807) is 37.8 Å². The summed E-state index contributed by atoms with van der Waals surface area (Å²) in [5.74, 6) is -0.986. The minimum absolute atomic E-state index is 0.00288. The van der Waals surface area contributed by atoms with Crippen molar-refractivity contribution in [3.63, 3.8) is 0 Å². The van der Waals surface area contributed by atoms with Crippen molar-refractivity contribution in [2.24, 2.45) is 5.92 Å². The van der Waals surface area contributed by atoms with Crippen LogP contribution in [0.25, 0.3) is 0 Å².